The zero-order valence-electron chi connectivity index (χ0n) is 6.39. The lowest BCUT2D eigenvalue weighted by Gasteiger charge is -2.16. The molecule has 0 saturated heterocycles. The van der Waals surface area contributed by atoms with Crippen molar-refractivity contribution in [2.75, 3.05) is 6.54 Å². The van der Waals surface area contributed by atoms with Crippen LogP contribution in [0, 0.1) is 6.92 Å². The number of aryl methyl sites for hydroxylation is 1. The SMILES string of the molecule is Cc1nc(Cl)c2n1CCNC2. The van der Waals surface area contributed by atoms with Gasteiger partial charge in [0.1, 0.15) is 5.82 Å². The van der Waals surface area contributed by atoms with Crippen molar-refractivity contribution in [2.45, 2.75) is 20.0 Å². The van der Waals surface area contributed by atoms with Crippen LogP contribution in [0.5, 0.6) is 0 Å². The van der Waals surface area contributed by atoms with Crippen molar-refractivity contribution in [3.63, 3.8) is 0 Å². The first-order valence-electron chi connectivity index (χ1n) is 3.71. The molecule has 0 fully saturated rings. The molecule has 2 rings (SSSR count). The first-order valence-corrected chi connectivity index (χ1v) is 4.09. The zero-order chi connectivity index (χ0) is 7.84. The van der Waals surface area contributed by atoms with E-state index in [4.69, 9.17) is 11.6 Å². The van der Waals surface area contributed by atoms with Gasteiger partial charge in [-0.2, -0.15) is 0 Å². The second-order valence-electron chi connectivity index (χ2n) is 2.72. The largest absolute Gasteiger partial charge is 0.328 e. The second-order valence-corrected chi connectivity index (χ2v) is 3.08. The minimum Gasteiger partial charge on any atom is -0.328 e. The molecule has 1 aromatic rings. The van der Waals surface area contributed by atoms with E-state index in [1.807, 2.05) is 6.92 Å². The van der Waals surface area contributed by atoms with Crippen LogP contribution in [0.25, 0.3) is 0 Å². The maximum atomic E-state index is 5.89. The number of hydrogen-bond donors (Lipinski definition) is 1. The summed E-state index contributed by atoms with van der Waals surface area (Å²) >= 11 is 5.89. The molecule has 0 spiro atoms. The maximum absolute atomic E-state index is 5.89. The number of hydrogen-bond acceptors (Lipinski definition) is 2. The summed E-state index contributed by atoms with van der Waals surface area (Å²) in [5.74, 6) is 1.02. The molecule has 0 saturated carbocycles. The number of rotatable bonds is 0. The molecule has 0 aromatic carbocycles. The van der Waals surface area contributed by atoms with Crippen molar-refractivity contribution in [1.82, 2.24) is 14.9 Å². The number of aromatic nitrogens is 2. The zero-order valence-corrected chi connectivity index (χ0v) is 7.15. The van der Waals surface area contributed by atoms with Gasteiger partial charge in [0, 0.05) is 19.6 Å². The highest BCUT2D eigenvalue weighted by molar-refractivity contribution is 6.30. The van der Waals surface area contributed by atoms with Crippen molar-refractivity contribution >= 4 is 11.6 Å². The summed E-state index contributed by atoms with van der Waals surface area (Å²) < 4.78 is 2.17. The predicted octanol–water partition coefficient (Wildman–Crippen LogP) is 0.948. The van der Waals surface area contributed by atoms with E-state index in [9.17, 15) is 0 Å². The fraction of sp³-hybridized carbons (Fsp3) is 0.571. The van der Waals surface area contributed by atoms with E-state index in [0.29, 0.717) is 5.15 Å². The van der Waals surface area contributed by atoms with E-state index in [1.165, 1.54) is 0 Å². The van der Waals surface area contributed by atoms with E-state index in [0.717, 1.165) is 31.2 Å². The van der Waals surface area contributed by atoms with Gasteiger partial charge in [-0.25, -0.2) is 4.98 Å². The third-order valence-electron chi connectivity index (χ3n) is 2.02. The number of nitrogens with zero attached hydrogens (tertiary/aromatic N) is 2. The molecule has 0 unspecified atom stereocenters. The molecule has 3 nitrogen and oxygen atoms in total. The molecule has 1 aliphatic rings. The maximum Gasteiger partial charge on any atom is 0.151 e. The van der Waals surface area contributed by atoms with E-state index in [-0.39, 0.29) is 0 Å². The molecular formula is C7H10ClN3. The van der Waals surface area contributed by atoms with Crippen LogP contribution < -0.4 is 5.32 Å². The number of fused-ring (bicyclic) bond motifs is 1. The van der Waals surface area contributed by atoms with Gasteiger partial charge in [0.25, 0.3) is 0 Å². The Morgan fingerprint density at radius 2 is 2.45 bits per heavy atom. The van der Waals surface area contributed by atoms with Crippen LogP contribution in [0.2, 0.25) is 5.15 Å². The third-order valence-corrected chi connectivity index (χ3v) is 2.32. The first kappa shape index (κ1) is 7.13. The van der Waals surface area contributed by atoms with Crippen LogP contribution in [0.3, 0.4) is 0 Å². The van der Waals surface area contributed by atoms with E-state index >= 15 is 0 Å². The summed E-state index contributed by atoms with van der Waals surface area (Å²) in [6.45, 7) is 4.84. The van der Waals surface area contributed by atoms with Crippen LogP contribution in [-0.4, -0.2) is 16.1 Å². The molecule has 2 heterocycles. The lowest BCUT2D eigenvalue weighted by molar-refractivity contribution is 0.508. The topological polar surface area (TPSA) is 29.9 Å². The molecule has 11 heavy (non-hydrogen) atoms. The fourth-order valence-corrected chi connectivity index (χ4v) is 1.73. The fourth-order valence-electron chi connectivity index (χ4n) is 1.44. The Labute approximate surface area is 70.4 Å². The summed E-state index contributed by atoms with van der Waals surface area (Å²) in [5.41, 5.74) is 1.12. The van der Waals surface area contributed by atoms with Gasteiger partial charge in [-0.3, -0.25) is 0 Å². The monoisotopic (exact) mass is 171 g/mol. The summed E-state index contributed by atoms with van der Waals surface area (Å²) in [7, 11) is 0. The van der Waals surface area contributed by atoms with Gasteiger partial charge in [0.15, 0.2) is 5.15 Å². The Bertz CT molecular complexity index is 253. The van der Waals surface area contributed by atoms with Gasteiger partial charge in [-0.1, -0.05) is 11.6 Å². The highest BCUT2D eigenvalue weighted by atomic mass is 35.5. The molecule has 0 atom stereocenters. The Balaban J connectivity index is 2.52. The van der Waals surface area contributed by atoms with Crippen molar-refractivity contribution < 1.29 is 0 Å². The van der Waals surface area contributed by atoms with Crippen molar-refractivity contribution in [3.05, 3.63) is 16.7 Å². The van der Waals surface area contributed by atoms with Crippen LogP contribution in [0.1, 0.15) is 11.5 Å². The molecule has 0 bridgehead atoms. The lowest BCUT2D eigenvalue weighted by atomic mass is 10.3. The van der Waals surface area contributed by atoms with Gasteiger partial charge in [0.2, 0.25) is 0 Å². The van der Waals surface area contributed by atoms with Crippen molar-refractivity contribution in [1.29, 1.82) is 0 Å². The highest BCUT2D eigenvalue weighted by Crippen LogP contribution is 2.18. The molecule has 0 aliphatic carbocycles. The predicted molar refractivity (Wildman–Crippen MR) is 43.7 cm³/mol. The van der Waals surface area contributed by atoms with Crippen LogP contribution in [0.4, 0.5) is 0 Å². The Morgan fingerprint density at radius 3 is 3.18 bits per heavy atom. The average Bonchev–Trinajstić information content (AvgIpc) is 2.30. The third kappa shape index (κ3) is 1.04. The molecule has 1 aliphatic heterocycles. The smallest absolute Gasteiger partial charge is 0.151 e. The summed E-state index contributed by atoms with van der Waals surface area (Å²) in [4.78, 5) is 4.18. The van der Waals surface area contributed by atoms with Gasteiger partial charge in [-0.15, -0.1) is 0 Å². The Morgan fingerprint density at radius 1 is 1.64 bits per heavy atom. The number of imidazole rings is 1. The van der Waals surface area contributed by atoms with Gasteiger partial charge in [0.05, 0.1) is 5.69 Å². The molecule has 4 heteroatoms. The molecule has 1 N–H and O–H groups in total. The number of halogens is 1. The summed E-state index contributed by atoms with van der Waals surface area (Å²) in [6.07, 6.45) is 0. The van der Waals surface area contributed by atoms with Gasteiger partial charge < -0.3 is 9.88 Å². The van der Waals surface area contributed by atoms with E-state index < -0.39 is 0 Å². The standard InChI is InChI=1S/C7H10ClN3/c1-5-10-7(8)6-4-9-2-3-11(5)6/h9H,2-4H2,1H3. The molecule has 1 aromatic heterocycles. The van der Waals surface area contributed by atoms with Gasteiger partial charge in [-0.05, 0) is 6.92 Å². The van der Waals surface area contributed by atoms with Crippen LogP contribution >= 0.6 is 11.6 Å². The highest BCUT2D eigenvalue weighted by Gasteiger charge is 2.15. The molecule has 0 radical (unpaired) electrons. The van der Waals surface area contributed by atoms with Gasteiger partial charge >= 0.3 is 0 Å². The normalized spacial score (nSPS) is 16.5. The second kappa shape index (κ2) is 2.50. The van der Waals surface area contributed by atoms with Crippen molar-refractivity contribution in [3.8, 4) is 0 Å². The summed E-state index contributed by atoms with van der Waals surface area (Å²) in [5, 5.41) is 3.90. The first-order chi connectivity index (χ1) is 5.29. The quantitative estimate of drug-likeness (QED) is 0.630. The van der Waals surface area contributed by atoms with Crippen LogP contribution in [0.15, 0.2) is 0 Å². The minimum atomic E-state index is 0.648. The lowest BCUT2D eigenvalue weighted by Crippen LogP contribution is -2.28. The van der Waals surface area contributed by atoms with Crippen LogP contribution in [-0.2, 0) is 13.1 Å². The number of nitrogens with one attached hydrogen (secondary N) is 1. The Kier molecular flexibility index (Phi) is 1.62. The average molecular weight is 172 g/mol. The Hall–Kier alpha value is -0.540. The van der Waals surface area contributed by atoms with E-state index in [2.05, 4.69) is 14.9 Å². The minimum absolute atomic E-state index is 0.648. The molecule has 0 amide bonds. The molecular weight excluding hydrogens is 162 g/mol. The molecule has 60 valence electrons. The van der Waals surface area contributed by atoms with E-state index in [1.54, 1.807) is 0 Å². The van der Waals surface area contributed by atoms with Crippen molar-refractivity contribution in [2.24, 2.45) is 0 Å². The summed E-state index contributed by atoms with van der Waals surface area (Å²) in [6, 6.07) is 0.